The first-order chi connectivity index (χ1) is 16.1. The second-order valence-corrected chi connectivity index (χ2v) is 12.1. The van der Waals surface area contributed by atoms with Gasteiger partial charge in [0.2, 0.25) is 0 Å². The summed E-state index contributed by atoms with van der Waals surface area (Å²) in [6, 6.07) is 18.6. The van der Waals surface area contributed by atoms with Crippen LogP contribution in [0.25, 0.3) is 0 Å². The molecule has 1 saturated heterocycles. The van der Waals surface area contributed by atoms with E-state index < -0.39 is 9.84 Å². The fraction of sp³-hybridized carbons (Fsp3) is 0.370. The van der Waals surface area contributed by atoms with E-state index in [0.29, 0.717) is 24.4 Å². The van der Waals surface area contributed by atoms with Crippen molar-refractivity contribution >= 4 is 15.7 Å². The lowest BCUT2D eigenvalue weighted by molar-refractivity contribution is 0.0666. The number of carbonyl (C=O) groups is 1. The van der Waals surface area contributed by atoms with Crippen LogP contribution < -0.4 is 4.74 Å². The Labute approximate surface area is 201 Å². The van der Waals surface area contributed by atoms with Crippen molar-refractivity contribution in [3.05, 3.63) is 89.4 Å². The summed E-state index contributed by atoms with van der Waals surface area (Å²) in [7, 11) is -3.13. The van der Waals surface area contributed by atoms with E-state index >= 15 is 0 Å². The van der Waals surface area contributed by atoms with Gasteiger partial charge in [-0.3, -0.25) is 4.79 Å². The molecule has 3 aromatic rings. The number of hydrogen-bond acceptors (Lipinski definition) is 5. The third kappa shape index (κ3) is 5.89. The molecule has 0 saturated carbocycles. The highest BCUT2D eigenvalue weighted by atomic mass is 32.2. The molecule has 2 aromatic carbocycles. The monoisotopic (exact) mass is 481 g/mol. The number of rotatable bonds is 7. The van der Waals surface area contributed by atoms with Crippen molar-refractivity contribution in [3.8, 4) is 5.75 Å². The Bertz CT molecular complexity index is 1210. The van der Waals surface area contributed by atoms with Crippen LogP contribution in [0.1, 0.15) is 54.4 Å². The van der Waals surface area contributed by atoms with Crippen LogP contribution in [0.5, 0.6) is 5.75 Å². The number of benzene rings is 2. The predicted octanol–water partition coefficient (Wildman–Crippen LogP) is 4.99. The lowest BCUT2D eigenvalue weighted by atomic mass is 9.87. The van der Waals surface area contributed by atoms with Gasteiger partial charge in [-0.15, -0.1) is 0 Å². The Hall–Kier alpha value is -3.06. The number of nitrogens with zero attached hydrogens (tertiary/aromatic N) is 1. The van der Waals surface area contributed by atoms with E-state index in [4.69, 9.17) is 9.15 Å². The molecular weight excluding hydrogens is 450 g/mol. The van der Waals surface area contributed by atoms with Gasteiger partial charge in [-0.05, 0) is 59.4 Å². The topological polar surface area (TPSA) is 76.8 Å². The standard InChI is InChI=1S/C27H31NO5S/c1-27(2,3)22-10-12-24(13-11-22)33-18-20-6-8-21(9-7-20)26(29)28(17-25-5-4-15-32-25)23-14-16-34(30,31)19-23/h4-13,15,23H,14,16-19H2,1-3H3/t23-/m1/s1. The van der Waals surface area contributed by atoms with Crippen LogP contribution in [0.2, 0.25) is 0 Å². The van der Waals surface area contributed by atoms with Crippen molar-refractivity contribution in [3.63, 3.8) is 0 Å². The average molecular weight is 482 g/mol. The minimum absolute atomic E-state index is 0.0145. The third-order valence-corrected chi connectivity index (χ3v) is 7.89. The molecule has 0 N–H and O–H groups in total. The summed E-state index contributed by atoms with van der Waals surface area (Å²) in [5.41, 5.74) is 2.79. The van der Waals surface area contributed by atoms with Crippen LogP contribution in [-0.2, 0) is 28.4 Å². The van der Waals surface area contributed by atoms with Gasteiger partial charge in [0.05, 0.1) is 24.3 Å². The fourth-order valence-electron chi connectivity index (χ4n) is 4.09. The van der Waals surface area contributed by atoms with Crippen molar-refractivity contribution in [2.75, 3.05) is 11.5 Å². The van der Waals surface area contributed by atoms with E-state index in [1.54, 1.807) is 35.4 Å². The molecule has 4 rings (SSSR count). The zero-order chi connectivity index (χ0) is 24.3. The summed E-state index contributed by atoms with van der Waals surface area (Å²) in [5, 5.41) is 0. The van der Waals surface area contributed by atoms with Gasteiger partial charge < -0.3 is 14.1 Å². The number of ether oxygens (including phenoxy) is 1. The average Bonchev–Trinajstić information content (AvgIpc) is 3.44. The molecule has 7 heteroatoms. The van der Waals surface area contributed by atoms with Crippen LogP contribution >= 0.6 is 0 Å². The highest BCUT2D eigenvalue weighted by Crippen LogP contribution is 2.25. The van der Waals surface area contributed by atoms with Crippen LogP contribution in [0.3, 0.4) is 0 Å². The van der Waals surface area contributed by atoms with Gasteiger partial charge in [-0.2, -0.15) is 0 Å². The van der Waals surface area contributed by atoms with Crippen molar-refractivity contribution in [1.82, 2.24) is 4.90 Å². The molecule has 1 amide bonds. The molecule has 0 spiro atoms. The molecule has 34 heavy (non-hydrogen) atoms. The van der Waals surface area contributed by atoms with Gasteiger partial charge in [0.1, 0.15) is 18.1 Å². The molecular formula is C27H31NO5S. The number of furan rings is 1. The molecule has 0 aliphatic carbocycles. The molecule has 1 aliphatic heterocycles. The molecule has 1 aliphatic rings. The molecule has 0 bridgehead atoms. The molecule has 1 fully saturated rings. The van der Waals surface area contributed by atoms with Crippen molar-refractivity contribution < 1.29 is 22.4 Å². The maximum Gasteiger partial charge on any atom is 0.254 e. The van der Waals surface area contributed by atoms with Gasteiger partial charge in [-0.25, -0.2) is 8.42 Å². The second kappa shape index (κ2) is 9.66. The Kier molecular flexibility index (Phi) is 6.84. The highest BCUT2D eigenvalue weighted by Gasteiger charge is 2.35. The van der Waals surface area contributed by atoms with Crippen molar-refractivity contribution in [1.29, 1.82) is 0 Å². The molecule has 1 atom stereocenters. The number of hydrogen-bond donors (Lipinski definition) is 0. The number of sulfone groups is 1. The highest BCUT2D eigenvalue weighted by molar-refractivity contribution is 7.91. The number of carbonyl (C=O) groups excluding carboxylic acids is 1. The Morgan fingerprint density at radius 3 is 2.32 bits per heavy atom. The first-order valence-corrected chi connectivity index (χ1v) is 13.3. The van der Waals surface area contributed by atoms with E-state index in [2.05, 4.69) is 32.9 Å². The van der Waals surface area contributed by atoms with Crippen molar-refractivity contribution in [2.45, 2.75) is 51.8 Å². The summed E-state index contributed by atoms with van der Waals surface area (Å²) in [5.74, 6) is 1.30. The molecule has 0 radical (unpaired) electrons. The Morgan fingerprint density at radius 1 is 1.06 bits per heavy atom. The van der Waals surface area contributed by atoms with Crippen molar-refractivity contribution in [2.24, 2.45) is 0 Å². The first-order valence-electron chi connectivity index (χ1n) is 11.5. The first kappa shape index (κ1) is 24.1. The van der Waals surface area contributed by atoms with Gasteiger partial charge >= 0.3 is 0 Å². The summed E-state index contributed by atoms with van der Waals surface area (Å²) < 4.78 is 35.4. The summed E-state index contributed by atoms with van der Waals surface area (Å²) in [4.78, 5) is 14.9. The second-order valence-electron chi connectivity index (χ2n) is 9.83. The Balaban J connectivity index is 1.43. The maximum absolute atomic E-state index is 13.3. The fourth-order valence-corrected chi connectivity index (χ4v) is 5.82. The number of amides is 1. The predicted molar refractivity (Wildman–Crippen MR) is 132 cm³/mol. The van der Waals surface area contributed by atoms with E-state index in [1.807, 2.05) is 24.3 Å². The van der Waals surface area contributed by atoms with Gasteiger partial charge in [0.15, 0.2) is 9.84 Å². The van der Waals surface area contributed by atoms with Gasteiger partial charge in [0, 0.05) is 11.6 Å². The zero-order valence-electron chi connectivity index (χ0n) is 19.9. The van der Waals surface area contributed by atoms with Gasteiger partial charge in [-0.1, -0.05) is 45.0 Å². The smallest absolute Gasteiger partial charge is 0.254 e. The molecule has 2 heterocycles. The third-order valence-electron chi connectivity index (χ3n) is 6.14. The summed E-state index contributed by atoms with van der Waals surface area (Å²) in [6.45, 7) is 7.15. The molecule has 180 valence electrons. The maximum atomic E-state index is 13.3. The molecule has 6 nitrogen and oxygen atoms in total. The van der Waals surface area contributed by atoms with Crippen LogP contribution in [0.4, 0.5) is 0 Å². The lowest BCUT2D eigenvalue weighted by Gasteiger charge is -2.27. The van der Waals surface area contributed by atoms with E-state index in [0.717, 1.165) is 11.3 Å². The van der Waals surface area contributed by atoms with Crippen LogP contribution in [-0.4, -0.2) is 36.8 Å². The van der Waals surface area contributed by atoms with Gasteiger partial charge in [0.25, 0.3) is 5.91 Å². The lowest BCUT2D eigenvalue weighted by Crippen LogP contribution is -2.40. The Morgan fingerprint density at radius 2 is 1.76 bits per heavy atom. The largest absolute Gasteiger partial charge is 0.489 e. The minimum atomic E-state index is -3.13. The molecule has 0 unspecified atom stereocenters. The van der Waals surface area contributed by atoms with Crippen LogP contribution in [0.15, 0.2) is 71.3 Å². The quantitative estimate of drug-likeness (QED) is 0.475. The SMILES string of the molecule is CC(C)(C)c1ccc(OCc2ccc(C(=O)N(Cc3ccco3)[C@@H]3CCS(=O)(=O)C3)cc2)cc1. The molecule has 1 aromatic heterocycles. The van der Waals surface area contributed by atoms with Crippen LogP contribution in [0, 0.1) is 0 Å². The summed E-state index contributed by atoms with van der Waals surface area (Å²) >= 11 is 0. The van der Waals surface area contributed by atoms with E-state index in [1.165, 1.54) is 5.56 Å². The minimum Gasteiger partial charge on any atom is -0.489 e. The normalized spacial score (nSPS) is 17.4. The van der Waals surface area contributed by atoms with E-state index in [-0.39, 0.29) is 35.4 Å². The zero-order valence-corrected chi connectivity index (χ0v) is 20.7. The van der Waals surface area contributed by atoms with E-state index in [9.17, 15) is 13.2 Å². The summed E-state index contributed by atoms with van der Waals surface area (Å²) in [6.07, 6.45) is 1.99.